The lowest BCUT2D eigenvalue weighted by atomic mass is 9.79. The summed E-state index contributed by atoms with van der Waals surface area (Å²) in [5, 5.41) is 22.1. The van der Waals surface area contributed by atoms with Crippen LogP contribution in [0.25, 0.3) is 6.08 Å². The zero-order valence-corrected chi connectivity index (χ0v) is 20.6. The summed E-state index contributed by atoms with van der Waals surface area (Å²) in [6.07, 6.45) is 6.11. The van der Waals surface area contributed by atoms with Crippen molar-refractivity contribution in [3.8, 4) is 0 Å². The van der Waals surface area contributed by atoms with Crippen molar-refractivity contribution in [2.75, 3.05) is 0 Å². The van der Waals surface area contributed by atoms with Crippen molar-refractivity contribution in [1.82, 2.24) is 24.8 Å². The molecule has 1 amide bonds. The van der Waals surface area contributed by atoms with Crippen LogP contribution in [0.2, 0.25) is 0 Å². The number of carbonyl (C=O) groups excluding carboxylic acids is 1. The fourth-order valence-electron chi connectivity index (χ4n) is 4.59. The third-order valence-electron chi connectivity index (χ3n) is 6.31. The van der Waals surface area contributed by atoms with Crippen molar-refractivity contribution in [2.24, 2.45) is 11.0 Å². The molecule has 0 N–H and O–H groups in total. The van der Waals surface area contributed by atoms with Gasteiger partial charge in [-0.3, -0.25) is 19.6 Å². The predicted molar refractivity (Wildman–Crippen MR) is 130 cm³/mol. The zero-order valence-electron chi connectivity index (χ0n) is 19.0. The van der Waals surface area contributed by atoms with E-state index in [0.29, 0.717) is 6.54 Å². The molecule has 1 aliphatic heterocycles. The molecule has 4 heterocycles. The van der Waals surface area contributed by atoms with Gasteiger partial charge in [0.1, 0.15) is 12.2 Å². The lowest BCUT2D eigenvalue weighted by Crippen LogP contribution is -2.32. The summed E-state index contributed by atoms with van der Waals surface area (Å²) in [5.74, 6) is -0.574. The molecule has 10 nitrogen and oxygen atoms in total. The van der Waals surface area contributed by atoms with Crippen LogP contribution in [0.1, 0.15) is 63.9 Å². The van der Waals surface area contributed by atoms with E-state index in [1.165, 1.54) is 27.2 Å². The molecule has 1 aliphatic carbocycles. The second-order valence-corrected chi connectivity index (χ2v) is 10.1. The highest BCUT2D eigenvalue weighted by Crippen LogP contribution is 2.47. The zero-order chi connectivity index (χ0) is 24.0. The average molecular weight is 498 g/mol. The minimum atomic E-state index is -0.563. The van der Waals surface area contributed by atoms with Gasteiger partial charge in [-0.1, -0.05) is 0 Å². The molecule has 1 fully saturated rings. The maximum Gasteiger partial charge on any atom is 0.320 e. The first-order chi connectivity index (χ1) is 16.4. The number of hydrogen-bond donors (Lipinski definition) is 0. The molecular weight excluding hydrogens is 474 g/mol. The van der Waals surface area contributed by atoms with Gasteiger partial charge in [0.15, 0.2) is 0 Å². The molecule has 0 saturated heterocycles. The Bertz CT molecular complexity index is 1340. The van der Waals surface area contributed by atoms with Gasteiger partial charge in [0, 0.05) is 12.5 Å². The van der Waals surface area contributed by atoms with Crippen LogP contribution in [0.5, 0.6) is 0 Å². The molecule has 12 heteroatoms. The van der Waals surface area contributed by atoms with E-state index < -0.39 is 10.8 Å². The van der Waals surface area contributed by atoms with Crippen molar-refractivity contribution in [3.63, 3.8) is 0 Å². The fraction of sp³-hybridized carbons (Fsp3) is 0.409. The van der Waals surface area contributed by atoms with Gasteiger partial charge >= 0.3 is 11.6 Å². The monoisotopic (exact) mass is 497 g/mol. The first-order valence-electron chi connectivity index (χ1n) is 11.0. The number of fused-ring (bicyclic) bond motifs is 1. The number of amides is 1. The molecule has 0 spiro atoms. The van der Waals surface area contributed by atoms with Gasteiger partial charge in [-0.15, -0.1) is 22.7 Å². The SMILES string of the molecule is CCn1cc([N+](=O)[O-])c(C(=O)N2N=C3/C(=C/c4scnc4C)CCC[C@H]3[C@@H]2c2scnc2C)n1. The quantitative estimate of drug-likeness (QED) is 0.370. The smallest absolute Gasteiger partial charge is 0.265 e. The minimum Gasteiger partial charge on any atom is -0.265 e. The van der Waals surface area contributed by atoms with E-state index >= 15 is 0 Å². The number of nitrogens with zero attached hydrogens (tertiary/aromatic N) is 7. The maximum absolute atomic E-state index is 13.7. The number of rotatable bonds is 5. The van der Waals surface area contributed by atoms with Crippen LogP contribution in [0.4, 0.5) is 5.69 Å². The second kappa shape index (κ2) is 8.84. The number of aromatic nitrogens is 4. The van der Waals surface area contributed by atoms with E-state index in [1.807, 2.05) is 26.3 Å². The topological polar surface area (TPSA) is 119 Å². The van der Waals surface area contributed by atoms with Gasteiger partial charge in [-0.2, -0.15) is 10.2 Å². The third-order valence-corrected chi connectivity index (χ3v) is 8.19. The Morgan fingerprint density at radius 3 is 2.68 bits per heavy atom. The van der Waals surface area contributed by atoms with E-state index in [1.54, 1.807) is 16.8 Å². The number of hydrogen-bond acceptors (Lipinski definition) is 9. The Labute approximate surface area is 203 Å². The third kappa shape index (κ3) is 3.76. The van der Waals surface area contributed by atoms with Crippen molar-refractivity contribution >= 4 is 46.1 Å². The minimum absolute atomic E-state index is 0.0105. The standard InChI is InChI=1S/C22H23N7O3S2/c1-4-27-9-16(29(31)32)19(25-27)22(30)28-20(21-13(3)24-11-34-21)15-7-5-6-14(18(15)26-28)8-17-12(2)23-10-33-17/h8-11,15,20H,4-7H2,1-3H3/b14-8+/t15-,20-/m1/s1. The lowest BCUT2D eigenvalue weighted by Gasteiger charge is -2.28. The summed E-state index contributed by atoms with van der Waals surface area (Å²) in [6.45, 7) is 6.13. The van der Waals surface area contributed by atoms with Gasteiger partial charge in [0.05, 0.1) is 42.8 Å². The summed E-state index contributed by atoms with van der Waals surface area (Å²) in [7, 11) is 0. The van der Waals surface area contributed by atoms with Crippen molar-refractivity contribution < 1.29 is 9.72 Å². The Morgan fingerprint density at radius 1 is 1.26 bits per heavy atom. The summed E-state index contributed by atoms with van der Waals surface area (Å²) in [4.78, 5) is 35.6. The second-order valence-electron chi connectivity index (χ2n) is 8.33. The van der Waals surface area contributed by atoms with E-state index in [4.69, 9.17) is 5.10 Å². The first kappa shape index (κ1) is 22.5. The number of aryl methyl sites for hydroxylation is 3. The summed E-state index contributed by atoms with van der Waals surface area (Å²) >= 11 is 3.06. The summed E-state index contributed by atoms with van der Waals surface area (Å²) in [6, 6.07) is -0.368. The number of hydrazone groups is 1. The highest BCUT2D eigenvalue weighted by atomic mass is 32.1. The molecule has 2 atom stereocenters. The maximum atomic E-state index is 13.7. The molecule has 2 aliphatic rings. The van der Waals surface area contributed by atoms with E-state index in [9.17, 15) is 14.9 Å². The van der Waals surface area contributed by atoms with Crippen LogP contribution in [0, 0.1) is 29.9 Å². The fourth-order valence-corrected chi connectivity index (χ4v) is 6.30. The molecule has 3 aromatic heterocycles. The Morgan fingerprint density at radius 2 is 2.03 bits per heavy atom. The van der Waals surface area contributed by atoms with Gasteiger partial charge in [0.25, 0.3) is 0 Å². The number of thiazole rings is 2. The lowest BCUT2D eigenvalue weighted by molar-refractivity contribution is -0.385. The largest absolute Gasteiger partial charge is 0.320 e. The van der Waals surface area contributed by atoms with Crippen LogP contribution in [0.15, 0.2) is 27.9 Å². The number of nitro groups is 1. The molecule has 5 rings (SSSR count). The van der Waals surface area contributed by atoms with Crippen molar-refractivity contribution in [3.05, 3.63) is 59.7 Å². The molecule has 34 heavy (non-hydrogen) atoms. The Kier molecular flexibility index (Phi) is 5.86. The van der Waals surface area contributed by atoms with E-state index in [-0.39, 0.29) is 23.3 Å². The van der Waals surface area contributed by atoms with Crippen molar-refractivity contribution in [1.29, 1.82) is 0 Å². The normalized spacial score (nSPS) is 21.1. The highest BCUT2D eigenvalue weighted by Gasteiger charge is 2.47. The highest BCUT2D eigenvalue weighted by molar-refractivity contribution is 7.10. The molecule has 0 unspecified atom stereocenters. The van der Waals surface area contributed by atoms with Gasteiger partial charge < -0.3 is 0 Å². The first-order valence-corrected chi connectivity index (χ1v) is 12.8. The predicted octanol–water partition coefficient (Wildman–Crippen LogP) is 4.78. The van der Waals surface area contributed by atoms with Crippen LogP contribution < -0.4 is 0 Å². The molecule has 0 bridgehead atoms. The van der Waals surface area contributed by atoms with Crippen LogP contribution >= 0.6 is 22.7 Å². The van der Waals surface area contributed by atoms with Gasteiger partial charge in [-0.05, 0) is 51.7 Å². The number of allylic oxidation sites excluding steroid dienone is 1. The molecular formula is C22H23N7O3S2. The molecule has 0 radical (unpaired) electrons. The Balaban J connectivity index is 1.62. The van der Waals surface area contributed by atoms with Crippen LogP contribution in [0.3, 0.4) is 0 Å². The molecule has 3 aromatic rings. The van der Waals surface area contributed by atoms with Crippen LogP contribution in [-0.4, -0.2) is 41.3 Å². The molecule has 0 aromatic carbocycles. The van der Waals surface area contributed by atoms with E-state index in [2.05, 4.69) is 21.1 Å². The Hall–Kier alpha value is -3.25. The summed E-state index contributed by atoms with van der Waals surface area (Å²) in [5.41, 5.74) is 6.83. The van der Waals surface area contributed by atoms with Gasteiger partial charge in [-0.25, -0.2) is 15.0 Å². The van der Waals surface area contributed by atoms with E-state index in [0.717, 1.165) is 51.7 Å². The van der Waals surface area contributed by atoms with Crippen LogP contribution in [-0.2, 0) is 6.54 Å². The van der Waals surface area contributed by atoms with Gasteiger partial charge in [0.2, 0.25) is 5.69 Å². The molecule has 1 saturated carbocycles. The van der Waals surface area contributed by atoms with Crippen molar-refractivity contribution in [2.45, 2.75) is 52.6 Å². The number of carbonyl (C=O) groups is 1. The average Bonchev–Trinajstić information content (AvgIpc) is 3.59. The molecule has 176 valence electrons. The summed E-state index contributed by atoms with van der Waals surface area (Å²) < 4.78 is 1.41.